The van der Waals surface area contributed by atoms with Crippen LogP contribution >= 0.6 is 11.6 Å². The Labute approximate surface area is 119 Å². The van der Waals surface area contributed by atoms with Crippen molar-refractivity contribution in [2.45, 2.75) is 33.1 Å². The number of hydrogen-bond donors (Lipinski definition) is 0. The number of rotatable bonds is 2. The van der Waals surface area contributed by atoms with Crippen molar-refractivity contribution < 1.29 is 4.74 Å². The average Bonchev–Trinajstić information content (AvgIpc) is 2.27. The molecule has 1 aromatic heterocycles. The number of benzene rings is 1. The van der Waals surface area contributed by atoms with Gasteiger partial charge < -0.3 is 4.74 Å². The largest absolute Gasteiger partial charge is 0.457 e. The van der Waals surface area contributed by atoms with Crippen LogP contribution in [0.25, 0.3) is 0 Å². The van der Waals surface area contributed by atoms with Gasteiger partial charge in [0.05, 0.1) is 0 Å². The maximum atomic E-state index is 5.97. The number of pyridine rings is 1. The number of hydrogen-bond acceptors (Lipinski definition) is 2. The molecule has 2 nitrogen and oxygen atoms in total. The van der Waals surface area contributed by atoms with Gasteiger partial charge in [0.15, 0.2) is 0 Å². The predicted molar refractivity (Wildman–Crippen MR) is 79.2 cm³/mol. The zero-order valence-electron chi connectivity index (χ0n) is 11.7. The zero-order valence-corrected chi connectivity index (χ0v) is 12.5. The van der Waals surface area contributed by atoms with Crippen LogP contribution in [0, 0.1) is 6.92 Å². The van der Waals surface area contributed by atoms with Gasteiger partial charge >= 0.3 is 0 Å². The molecule has 0 fully saturated rings. The Morgan fingerprint density at radius 1 is 1.11 bits per heavy atom. The molecule has 1 aromatic carbocycles. The number of nitrogens with zero attached hydrogens (tertiary/aromatic N) is 1. The van der Waals surface area contributed by atoms with Gasteiger partial charge in [-0.3, -0.25) is 0 Å². The summed E-state index contributed by atoms with van der Waals surface area (Å²) in [6, 6.07) is 9.80. The maximum absolute atomic E-state index is 5.97. The van der Waals surface area contributed by atoms with E-state index in [4.69, 9.17) is 16.3 Å². The molecule has 0 aliphatic rings. The second kappa shape index (κ2) is 5.22. The maximum Gasteiger partial charge on any atom is 0.132 e. The summed E-state index contributed by atoms with van der Waals surface area (Å²) >= 11 is 5.88. The molecular formula is C16H18ClNO. The monoisotopic (exact) mass is 275 g/mol. The molecule has 2 aromatic rings. The van der Waals surface area contributed by atoms with Crippen molar-refractivity contribution in [2.75, 3.05) is 0 Å². The lowest BCUT2D eigenvalue weighted by Crippen LogP contribution is -2.12. The van der Waals surface area contributed by atoms with Crippen molar-refractivity contribution in [1.82, 2.24) is 4.98 Å². The van der Waals surface area contributed by atoms with Crippen LogP contribution < -0.4 is 4.74 Å². The van der Waals surface area contributed by atoms with E-state index in [2.05, 4.69) is 50.9 Å². The second-order valence-corrected chi connectivity index (χ2v) is 6.05. The van der Waals surface area contributed by atoms with Crippen LogP contribution in [-0.4, -0.2) is 4.98 Å². The Kier molecular flexibility index (Phi) is 3.81. The molecule has 0 N–H and O–H groups in total. The molecule has 0 amide bonds. The molecule has 100 valence electrons. The highest BCUT2D eigenvalue weighted by molar-refractivity contribution is 6.29. The fourth-order valence-electron chi connectivity index (χ4n) is 1.91. The van der Waals surface area contributed by atoms with E-state index in [1.807, 2.05) is 0 Å². The Balaban J connectivity index is 2.41. The van der Waals surface area contributed by atoms with Crippen molar-refractivity contribution in [2.24, 2.45) is 0 Å². The molecule has 19 heavy (non-hydrogen) atoms. The molecule has 0 spiro atoms. The molecule has 2 rings (SSSR count). The minimum Gasteiger partial charge on any atom is -0.457 e. The summed E-state index contributed by atoms with van der Waals surface area (Å²) in [5.41, 5.74) is 2.37. The van der Waals surface area contributed by atoms with Crippen LogP contribution in [0.2, 0.25) is 5.15 Å². The Morgan fingerprint density at radius 2 is 1.84 bits per heavy atom. The van der Waals surface area contributed by atoms with Crippen LogP contribution in [0.5, 0.6) is 11.5 Å². The fraction of sp³-hybridized carbons (Fsp3) is 0.312. The highest BCUT2D eigenvalue weighted by Gasteiger charge is 2.19. The van der Waals surface area contributed by atoms with E-state index in [-0.39, 0.29) is 5.41 Å². The summed E-state index contributed by atoms with van der Waals surface area (Å²) in [5.74, 6) is 1.57. The predicted octanol–water partition coefficient (Wildman–Crippen LogP) is 5.13. The summed E-state index contributed by atoms with van der Waals surface area (Å²) in [7, 11) is 0. The minimum atomic E-state index is 0.0276. The highest BCUT2D eigenvalue weighted by Crippen LogP contribution is 2.35. The summed E-state index contributed by atoms with van der Waals surface area (Å²) in [6.45, 7) is 8.57. The topological polar surface area (TPSA) is 22.1 Å². The fourth-order valence-corrected chi connectivity index (χ4v) is 2.07. The second-order valence-electron chi connectivity index (χ2n) is 5.67. The van der Waals surface area contributed by atoms with Gasteiger partial charge in [-0.2, -0.15) is 0 Å². The lowest BCUT2D eigenvalue weighted by molar-refractivity contribution is 0.454. The standard InChI is InChI=1S/C16H18ClNO/c1-11-5-6-13(16(2,3)4)14(9-11)19-12-7-8-18-15(17)10-12/h5-10H,1-4H3. The van der Waals surface area contributed by atoms with Crippen LogP contribution in [-0.2, 0) is 5.41 Å². The van der Waals surface area contributed by atoms with Crippen molar-refractivity contribution in [3.05, 3.63) is 52.8 Å². The Hall–Kier alpha value is -1.54. The quantitative estimate of drug-likeness (QED) is 0.709. The van der Waals surface area contributed by atoms with Crippen LogP contribution in [0.1, 0.15) is 31.9 Å². The average molecular weight is 276 g/mol. The number of halogens is 1. The molecule has 0 unspecified atom stereocenters. The van der Waals surface area contributed by atoms with E-state index in [0.717, 1.165) is 5.75 Å². The first-order chi connectivity index (χ1) is 8.86. The van der Waals surface area contributed by atoms with E-state index in [1.165, 1.54) is 11.1 Å². The number of ether oxygens (including phenoxy) is 1. The van der Waals surface area contributed by atoms with Gasteiger partial charge in [-0.15, -0.1) is 0 Å². The highest BCUT2D eigenvalue weighted by atomic mass is 35.5. The lowest BCUT2D eigenvalue weighted by atomic mass is 9.86. The molecule has 0 saturated heterocycles. The van der Waals surface area contributed by atoms with Gasteiger partial charge in [0.1, 0.15) is 16.7 Å². The normalized spacial score (nSPS) is 11.4. The molecule has 0 radical (unpaired) electrons. The van der Waals surface area contributed by atoms with E-state index in [9.17, 15) is 0 Å². The minimum absolute atomic E-state index is 0.0276. The first kappa shape index (κ1) is 13.9. The summed E-state index contributed by atoms with van der Waals surface area (Å²) in [5, 5.41) is 0.433. The van der Waals surface area contributed by atoms with Crippen molar-refractivity contribution in [3.63, 3.8) is 0 Å². The summed E-state index contributed by atoms with van der Waals surface area (Å²) in [6.07, 6.45) is 1.64. The zero-order chi connectivity index (χ0) is 14.0. The number of aryl methyl sites for hydroxylation is 1. The summed E-state index contributed by atoms with van der Waals surface area (Å²) < 4.78 is 5.97. The van der Waals surface area contributed by atoms with E-state index >= 15 is 0 Å². The Morgan fingerprint density at radius 3 is 2.47 bits per heavy atom. The third-order valence-electron chi connectivity index (χ3n) is 2.87. The van der Waals surface area contributed by atoms with Gasteiger partial charge in [-0.25, -0.2) is 4.98 Å². The van der Waals surface area contributed by atoms with E-state index in [0.29, 0.717) is 10.9 Å². The summed E-state index contributed by atoms with van der Waals surface area (Å²) in [4.78, 5) is 3.96. The number of aromatic nitrogens is 1. The molecule has 0 saturated carbocycles. The first-order valence-electron chi connectivity index (χ1n) is 6.27. The van der Waals surface area contributed by atoms with Gasteiger partial charge in [0, 0.05) is 17.8 Å². The van der Waals surface area contributed by atoms with Crippen LogP contribution in [0.3, 0.4) is 0 Å². The van der Waals surface area contributed by atoms with Gasteiger partial charge in [0.25, 0.3) is 0 Å². The lowest BCUT2D eigenvalue weighted by Gasteiger charge is -2.23. The van der Waals surface area contributed by atoms with Crippen molar-refractivity contribution in [3.8, 4) is 11.5 Å². The molecule has 0 atom stereocenters. The van der Waals surface area contributed by atoms with Crippen molar-refractivity contribution >= 4 is 11.6 Å². The van der Waals surface area contributed by atoms with Crippen LogP contribution in [0.15, 0.2) is 36.5 Å². The molecule has 0 bridgehead atoms. The van der Waals surface area contributed by atoms with Gasteiger partial charge in [-0.05, 0) is 30.0 Å². The Bertz CT molecular complexity index is 588. The third kappa shape index (κ3) is 3.48. The third-order valence-corrected chi connectivity index (χ3v) is 3.08. The van der Waals surface area contributed by atoms with Crippen LogP contribution in [0.4, 0.5) is 0 Å². The molecular weight excluding hydrogens is 258 g/mol. The van der Waals surface area contributed by atoms with Gasteiger partial charge in [-0.1, -0.05) is 44.5 Å². The molecule has 3 heteroatoms. The van der Waals surface area contributed by atoms with Gasteiger partial charge in [0.2, 0.25) is 0 Å². The smallest absolute Gasteiger partial charge is 0.132 e. The van der Waals surface area contributed by atoms with Crippen molar-refractivity contribution in [1.29, 1.82) is 0 Å². The SMILES string of the molecule is Cc1ccc(C(C)(C)C)c(Oc2ccnc(Cl)c2)c1. The van der Waals surface area contributed by atoms with E-state index in [1.54, 1.807) is 18.3 Å². The molecule has 0 aliphatic heterocycles. The molecule has 1 heterocycles. The van der Waals surface area contributed by atoms with E-state index < -0.39 is 0 Å². The molecule has 0 aliphatic carbocycles. The first-order valence-corrected chi connectivity index (χ1v) is 6.64.